The molecule has 120 valence electrons. The number of aryl methyl sites for hydroxylation is 1. The molecule has 2 heterocycles. The van der Waals surface area contributed by atoms with Crippen LogP contribution in [0.25, 0.3) is 0 Å². The molecular weight excluding hydrogens is 306 g/mol. The number of aromatic nitrogens is 1. The van der Waals surface area contributed by atoms with Gasteiger partial charge in [0.15, 0.2) is 0 Å². The molecule has 0 radical (unpaired) electrons. The number of hydrogen-bond acceptors (Lipinski definition) is 4. The van der Waals surface area contributed by atoms with Gasteiger partial charge in [-0.2, -0.15) is 0 Å². The molecule has 2 aromatic rings. The van der Waals surface area contributed by atoms with Crippen molar-refractivity contribution >= 4 is 23.5 Å². The second-order valence-electron chi connectivity index (χ2n) is 6.02. The smallest absolute Gasteiger partial charge is 0.234 e. The maximum atomic E-state index is 12.5. The van der Waals surface area contributed by atoms with Crippen molar-refractivity contribution in [2.75, 3.05) is 19.0 Å². The molecule has 4 nitrogen and oxygen atoms in total. The van der Waals surface area contributed by atoms with E-state index in [2.05, 4.69) is 35.4 Å². The zero-order valence-electron chi connectivity index (χ0n) is 13.7. The third kappa shape index (κ3) is 3.50. The Labute approximate surface area is 141 Å². The van der Waals surface area contributed by atoms with Crippen molar-refractivity contribution in [3.8, 4) is 0 Å². The van der Waals surface area contributed by atoms with Gasteiger partial charge in [0.1, 0.15) is 5.82 Å². The molecule has 0 saturated heterocycles. The SMILES string of the molecule is Cc1ccc2c(c1)SC(C(=O)NCc1cccnc1N(C)C)C2. The Morgan fingerprint density at radius 3 is 3.00 bits per heavy atom. The van der Waals surface area contributed by atoms with E-state index in [-0.39, 0.29) is 11.2 Å². The summed E-state index contributed by atoms with van der Waals surface area (Å²) < 4.78 is 0. The molecule has 1 aromatic carbocycles. The van der Waals surface area contributed by atoms with Crippen LogP contribution in [0, 0.1) is 6.92 Å². The molecule has 0 bridgehead atoms. The Hall–Kier alpha value is -2.01. The van der Waals surface area contributed by atoms with Crippen LogP contribution >= 0.6 is 11.8 Å². The minimum Gasteiger partial charge on any atom is -0.362 e. The lowest BCUT2D eigenvalue weighted by Crippen LogP contribution is -2.32. The number of benzene rings is 1. The summed E-state index contributed by atoms with van der Waals surface area (Å²) in [6, 6.07) is 10.3. The second kappa shape index (κ2) is 6.62. The molecule has 1 aliphatic heterocycles. The van der Waals surface area contributed by atoms with Gasteiger partial charge in [0, 0.05) is 37.3 Å². The van der Waals surface area contributed by atoms with Crippen LogP contribution in [0.3, 0.4) is 0 Å². The number of hydrogen-bond donors (Lipinski definition) is 1. The van der Waals surface area contributed by atoms with Gasteiger partial charge < -0.3 is 10.2 Å². The van der Waals surface area contributed by atoms with Crippen molar-refractivity contribution in [1.29, 1.82) is 0 Å². The number of nitrogens with zero attached hydrogens (tertiary/aromatic N) is 2. The van der Waals surface area contributed by atoms with Crippen LogP contribution in [0.15, 0.2) is 41.4 Å². The van der Waals surface area contributed by atoms with Gasteiger partial charge in [-0.05, 0) is 31.0 Å². The third-order valence-corrected chi connectivity index (χ3v) is 5.23. The Kier molecular flexibility index (Phi) is 4.57. The van der Waals surface area contributed by atoms with E-state index in [1.807, 2.05) is 31.1 Å². The number of anilines is 1. The molecule has 0 fully saturated rings. The van der Waals surface area contributed by atoms with Crippen molar-refractivity contribution in [3.05, 3.63) is 53.2 Å². The third-order valence-electron chi connectivity index (χ3n) is 3.93. The van der Waals surface area contributed by atoms with Crippen LogP contribution in [0.1, 0.15) is 16.7 Å². The topological polar surface area (TPSA) is 45.2 Å². The average molecular weight is 327 g/mol. The predicted molar refractivity (Wildman–Crippen MR) is 94.9 cm³/mol. The summed E-state index contributed by atoms with van der Waals surface area (Å²) in [6.07, 6.45) is 2.58. The van der Waals surface area contributed by atoms with Crippen molar-refractivity contribution in [2.45, 2.75) is 30.0 Å². The van der Waals surface area contributed by atoms with E-state index in [9.17, 15) is 4.79 Å². The summed E-state index contributed by atoms with van der Waals surface area (Å²) in [4.78, 5) is 20.1. The normalized spacial score (nSPS) is 16.0. The molecule has 0 spiro atoms. The van der Waals surface area contributed by atoms with E-state index in [4.69, 9.17) is 0 Å². The molecular formula is C18H21N3OS. The predicted octanol–water partition coefficient (Wildman–Crippen LogP) is 2.79. The first-order chi connectivity index (χ1) is 11.0. The van der Waals surface area contributed by atoms with Crippen LogP contribution in [-0.2, 0) is 17.8 Å². The zero-order valence-corrected chi connectivity index (χ0v) is 14.5. The minimum atomic E-state index is -0.0359. The number of amides is 1. The number of nitrogens with one attached hydrogen (secondary N) is 1. The number of rotatable bonds is 4. The lowest BCUT2D eigenvalue weighted by atomic mass is 10.1. The van der Waals surface area contributed by atoms with Crippen molar-refractivity contribution in [2.24, 2.45) is 0 Å². The molecule has 1 amide bonds. The van der Waals surface area contributed by atoms with Gasteiger partial charge in [0.05, 0.1) is 5.25 Å². The average Bonchev–Trinajstić information content (AvgIpc) is 2.95. The second-order valence-corrected chi connectivity index (χ2v) is 7.26. The van der Waals surface area contributed by atoms with Crippen LogP contribution in [0.5, 0.6) is 0 Å². The van der Waals surface area contributed by atoms with E-state index in [1.54, 1.807) is 18.0 Å². The molecule has 1 atom stereocenters. The van der Waals surface area contributed by atoms with Crippen LogP contribution in [-0.4, -0.2) is 30.2 Å². The summed E-state index contributed by atoms with van der Waals surface area (Å²) >= 11 is 1.67. The summed E-state index contributed by atoms with van der Waals surface area (Å²) in [5, 5.41) is 3.02. The Balaban J connectivity index is 1.63. The summed E-state index contributed by atoms with van der Waals surface area (Å²) in [5.74, 6) is 0.989. The Morgan fingerprint density at radius 1 is 1.39 bits per heavy atom. The summed E-state index contributed by atoms with van der Waals surface area (Å²) in [5.41, 5.74) is 3.54. The number of pyridine rings is 1. The number of carbonyl (C=O) groups is 1. The fourth-order valence-electron chi connectivity index (χ4n) is 2.75. The molecule has 1 unspecified atom stereocenters. The maximum absolute atomic E-state index is 12.5. The van der Waals surface area contributed by atoms with Gasteiger partial charge in [-0.3, -0.25) is 4.79 Å². The van der Waals surface area contributed by atoms with E-state index >= 15 is 0 Å². The molecule has 0 saturated carbocycles. The standard InChI is InChI=1S/C18H21N3OS/c1-12-6-7-13-10-16(23-15(13)9-12)18(22)20-11-14-5-4-8-19-17(14)21(2)3/h4-9,16H,10-11H2,1-3H3,(H,20,22). The summed E-state index contributed by atoms with van der Waals surface area (Å²) in [6.45, 7) is 2.59. The van der Waals surface area contributed by atoms with Gasteiger partial charge in [-0.1, -0.05) is 23.8 Å². The van der Waals surface area contributed by atoms with Gasteiger partial charge in [0.2, 0.25) is 5.91 Å². The van der Waals surface area contributed by atoms with E-state index in [1.165, 1.54) is 16.0 Å². The lowest BCUT2D eigenvalue weighted by molar-refractivity contribution is -0.120. The molecule has 23 heavy (non-hydrogen) atoms. The maximum Gasteiger partial charge on any atom is 0.234 e. The highest BCUT2D eigenvalue weighted by atomic mass is 32.2. The highest BCUT2D eigenvalue weighted by Gasteiger charge is 2.28. The van der Waals surface area contributed by atoms with Crippen LogP contribution in [0.4, 0.5) is 5.82 Å². The van der Waals surface area contributed by atoms with Crippen molar-refractivity contribution in [3.63, 3.8) is 0 Å². The Bertz CT molecular complexity index is 730. The number of carbonyl (C=O) groups excluding carboxylic acids is 1. The molecule has 1 N–H and O–H groups in total. The Morgan fingerprint density at radius 2 is 2.22 bits per heavy atom. The first-order valence-electron chi connectivity index (χ1n) is 7.69. The molecule has 5 heteroatoms. The molecule has 0 aliphatic carbocycles. The minimum absolute atomic E-state index is 0.0359. The summed E-state index contributed by atoms with van der Waals surface area (Å²) in [7, 11) is 3.92. The van der Waals surface area contributed by atoms with Gasteiger partial charge in [-0.15, -0.1) is 11.8 Å². The highest BCUT2D eigenvalue weighted by molar-refractivity contribution is 8.01. The fraction of sp³-hybridized carbons (Fsp3) is 0.333. The molecule has 1 aliphatic rings. The van der Waals surface area contributed by atoms with Gasteiger partial charge in [-0.25, -0.2) is 4.98 Å². The lowest BCUT2D eigenvalue weighted by Gasteiger charge is -2.17. The number of fused-ring (bicyclic) bond motifs is 1. The van der Waals surface area contributed by atoms with Crippen LogP contribution < -0.4 is 10.2 Å². The van der Waals surface area contributed by atoms with Gasteiger partial charge in [0.25, 0.3) is 0 Å². The quantitative estimate of drug-likeness (QED) is 0.938. The molecule has 3 rings (SSSR count). The van der Waals surface area contributed by atoms with E-state index in [0.29, 0.717) is 6.54 Å². The first kappa shape index (κ1) is 15.9. The largest absolute Gasteiger partial charge is 0.362 e. The van der Waals surface area contributed by atoms with Gasteiger partial charge >= 0.3 is 0 Å². The van der Waals surface area contributed by atoms with Crippen LogP contribution in [0.2, 0.25) is 0 Å². The highest BCUT2D eigenvalue weighted by Crippen LogP contribution is 2.37. The first-order valence-corrected chi connectivity index (χ1v) is 8.57. The monoisotopic (exact) mass is 327 g/mol. The zero-order chi connectivity index (χ0) is 16.4. The molecule has 1 aromatic heterocycles. The van der Waals surface area contributed by atoms with E-state index in [0.717, 1.165) is 17.8 Å². The fourth-order valence-corrected chi connectivity index (χ4v) is 4.06. The van der Waals surface area contributed by atoms with Crippen molar-refractivity contribution < 1.29 is 4.79 Å². The number of thioether (sulfide) groups is 1. The van der Waals surface area contributed by atoms with Crippen molar-refractivity contribution in [1.82, 2.24) is 10.3 Å². The van der Waals surface area contributed by atoms with E-state index < -0.39 is 0 Å².